The topological polar surface area (TPSA) is 50.1 Å². The highest BCUT2D eigenvalue weighted by Gasteiger charge is 2.03. The minimum absolute atomic E-state index is 0.0273. The number of nitrogens with one attached hydrogen (secondary N) is 1. The fourth-order valence-electron chi connectivity index (χ4n) is 0.716. The molecule has 1 aromatic carbocycles. The first kappa shape index (κ1) is 9.44. The van der Waals surface area contributed by atoms with Crippen LogP contribution in [-0.2, 0) is 4.79 Å². The zero-order valence-electron chi connectivity index (χ0n) is 6.51. The van der Waals surface area contributed by atoms with Crippen molar-refractivity contribution in [2.75, 3.05) is 6.61 Å². The quantitative estimate of drug-likeness (QED) is 0.710. The summed E-state index contributed by atoms with van der Waals surface area (Å²) in [6, 6.07) is 2.89. The van der Waals surface area contributed by atoms with Crippen molar-refractivity contribution < 1.29 is 18.3 Å². The maximum Gasteiger partial charge on any atom is 0.276 e. The first-order valence-corrected chi connectivity index (χ1v) is 3.42. The van der Waals surface area contributed by atoms with Crippen molar-refractivity contribution in [1.82, 2.24) is 5.73 Å². The second-order valence-corrected chi connectivity index (χ2v) is 2.29. The molecule has 1 N–H and O–H groups in total. The molecule has 1 aromatic rings. The van der Waals surface area contributed by atoms with E-state index in [9.17, 15) is 13.6 Å². The molecular formula is C8H6F2NO2. The predicted octanol–water partition coefficient (Wildman–Crippen LogP) is 1.15. The van der Waals surface area contributed by atoms with E-state index in [4.69, 9.17) is 5.73 Å². The van der Waals surface area contributed by atoms with Gasteiger partial charge in [0.25, 0.3) is 5.91 Å². The number of hydrogen-bond acceptors (Lipinski definition) is 2. The molecule has 0 aliphatic rings. The van der Waals surface area contributed by atoms with Crippen LogP contribution in [0.3, 0.4) is 0 Å². The molecule has 3 nitrogen and oxygen atoms in total. The van der Waals surface area contributed by atoms with Crippen molar-refractivity contribution in [2.45, 2.75) is 0 Å². The monoisotopic (exact) mass is 186 g/mol. The molecule has 0 spiro atoms. The van der Waals surface area contributed by atoms with E-state index in [0.29, 0.717) is 0 Å². The standard InChI is InChI=1S/C8H6F2NO2/c9-6-2-1-5(3-7(6)10)13-4-8(11)12/h1-3,11H,4H2. The van der Waals surface area contributed by atoms with E-state index in [1.54, 1.807) is 0 Å². The summed E-state index contributed by atoms with van der Waals surface area (Å²) in [4.78, 5) is 10.1. The van der Waals surface area contributed by atoms with Crippen LogP contribution < -0.4 is 10.5 Å². The number of ether oxygens (including phenoxy) is 1. The molecule has 13 heavy (non-hydrogen) atoms. The van der Waals surface area contributed by atoms with Crippen molar-refractivity contribution in [3.63, 3.8) is 0 Å². The lowest BCUT2D eigenvalue weighted by Crippen LogP contribution is -2.11. The van der Waals surface area contributed by atoms with Crippen LogP contribution in [0.2, 0.25) is 0 Å². The van der Waals surface area contributed by atoms with Gasteiger partial charge < -0.3 is 4.74 Å². The molecule has 1 rings (SSSR count). The van der Waals surface area contributed by atoms with Crippen molar-refractivity contribution in [2.24, 2.45) is 0 Å². The zero-order chi connectivity index (χ0) is 9.84. The van der Waals surface area contributed by atoms with E-state index in [-0.39, 0.29) is 5.75 Å². The second-order valence-electron chi connectivity index (χ2n) is 2.29. The minimum Gasteiger partial charge on any atom is -0.484 e. The third kappa shape index (κ3) is 2.70. The molecule has 0 saturated heterocycles. The van der Waals surface area contributed by atoms with Gasteiger partial charge in [0.2, 0.25) is 0 Å². The van der Waals surface area contributed by atoms with Crippen molar-refractivity contribution in [1.29, 1.82) is 0 Å². The molecule has 0 aliphatic carbocycles. The Morgan fingerprint density at radius 3 is 2.62 bits per heavy atom. The Morgan fingerprint density at radius 1 is 1.38 bits per heavy atom. The van der Waals surface area contributed by atoms with Gasteiger partial charge >= 0.3 is 0 Å². The summed E-state index contributed by atoms with van der Waals surface area (Å²) < 4.78 is 29.5. The Bertz CT molecular complexity index is 328. The van der Waals surface area contributed by atoms with Gasteiger partial charge in [0.15, 0.2) is 18.2 Å². The SMILES string of the molecule is [NH]C(=O)COc1ccc(F)c(F)c1. The summed E-state index contributed by atoms with van der Waals surface area (Å²) in [6.45, 7) is -0.467. The van der Waals surface area contributed by atoms with E-state index in [1.807, 2.05) is 0 Å². The fraction of sp³-hybridized carbons (Fsp3) is 0.125. The van der Waals surface area contributed by atoms with Crippen LogP contribution in [0.25, 0.3) is 0 Å². The van der Waals surface area contributed by atoms with Gasteiger partial charge in [-0.2, -0.15) is 0 Å². The third-order valence-electron chi connectivity index (χ3n) is 1.26. The molecule has 1 amide bonds. The summed E-state index contributed by atoms with van der Waals surface area (Å²) in [5.41, 5.74) is 6.49. The zero-order valence-corrected chi connectivity index (χ0v) is 6.51. The Balaban J connectivity index is 2.68. The molecule has 5 heteroatoms. The first-order chi connectivity index (χ1) is 6.09. The normalized spacial score (nSPS) is 9.69. The van der Waals surface area contributed by atoms with Gasteiger partial charge in [-0.05, 0) is 12.1 Å². The summed E-state index contributed by atoms with van der Waals surface area (Å²) in [5, 5.41) is 0. The third-order valence-corrected chi connectivity index (χ3v) is 1.26. The number of carbonyl (C=O) groups is 1. The first-order valence-electron chi connectivity index (χ1n) is 3.42. The largest absolute Gasteiger partial charge is 0.484 e. The maximum atomic E-state index is 12.5. The van der Waals surface area contributed by atoms with Crippen LogP contribution in [0, 0.1) is 11.6 Å². The van der Waals surface area contributed by atoms with E-state index >= 15 is 0 Å². The van der Waals surface area contributed by atoms with Gasteiger partial charge in [0.1, 0.15) is 5.75 Å². The molecule has 0 unspecified atom stereocenters. The second kappa shape index (κ2) is 3.84. The van der Waals surface area contributed by atoms with Crippen molar-refractivity contribution in [3.8, 4) is 5.75 Å². The number of amides is 1. The van der Waals surface area contributed by atoms with Crippen LogP contribution in [0.4, 0.5) is 8.78 Å². The van der Waals surface area contributed by atoms with Crippen LogP contribution in [0.15, 0.2) is 18.2 Å². The van der Waals surface area contributed by atoms with Crippen molar-refractivity contribution >= 4 is 5.91 Å². The van der Waals surface area contributed by atoms with E-state index in [2.05, 4.69) is 4.74 Å². The lowest BCUT2D eigenvalue weighted by Gasteiger charge is -2.02. The summed E-state index contributed by atoms with van der Waals surface area (Å²) in [7, 11) is 0. The maximum absolute atomic E-state index is 12.5. The van der Waals surface area contributed by atoms with Crippen LogP contribution in [0.5, 0.6) is 5.75 Å². The van der Waals surface area contributed by atoms with Crippen molar-refractivity contribution in [3.05, 3.63) is 29.8 Å². The Hall–Kier alpha value is -1.65. The number of halogens is 2. The van der Waals surface area contributed by atoms with Gasteiger partial charge in [-0.15, -0.1) is 0 Å². The average molecular weight is 186 g/mol. The number of benzene rings is 1. The predicted molar refractivity (Wildman–Crippen MR) is 40.0 cm³/mol. The molecule has 0 atom stereocenters. The number of rotatable bonds is 3. The molecule has 0 fully saturated rings. The highest BCUT2D eigenvalue weighted by Crippen LogP contribution is 2.14. The van der Waals surface area contributed by atoms with Gasteiger partial charge in [-0.3, -0.25) is 10.5 Å². The highest BCUT2D eigenvalue weighted by atomic mass is 19.2. The summed E-state index contributed by atoms with van der Waals surface area (Å²) >= 11 is 0. The van der Waals surface area contributed by atoms with Crippen LogP contribution in [-0.4, -0.2) is 12.5 Å². The molecule has 69 valence electrons. The van der Waals surface area contributed by atoms with Gasteiger partial charge in [0.05, 0.1) is 0 Å². The molecular weight excluding hydrogens is 180 g/mol. The van der Waals surface area contributed by atoms with E-state index in [0.717, 1.165) is 12.1 Å². The van der Waals surface area contributed by atoms with Gasteiger partial charge in [0, 0.05) is 6.07 Å². The van der Waals surface area contributed by atoms with E-state index in [1.165, 1.54) is 6.07 Å². The van der Waals surface area contributed by atoms with Gasteiger partial charge in [-0.25, -0.2) is 8.78 Å². The molecule has 0 aromatic heterocycles. The number of hydrogen-bond donors (Lipinski definition) is 0. The lowest BCUT2D eigenvalue weighted by molar-refractivity contribution is -0.120. The lowest BCUT2D eigenvalue weighted by atomic mass is 10.3. The van der Waals surface area contributed by atoms with E-state index < -0.39 is 24.1 Å². The molecule has 0 heterocycles. The molecule has 0 aliphatic heterocycles. The summed E-state index contributed by atoms with van der Waals surface area (Å²) in [6.07, 6.45) is 0. The fourth-order valence-corrected chi connectivity index (χ4v) is 0.716. The Kier molecular flexibility index (Phi) is 2.79. The minimum atomic E-state index is -1.05. The summed E-state index contributed by atoms with van der Waals surface area (Å²) in [5.74, 6) is -2.93. The Labute approximate surface area is 73.1 Å². The Morgan fingerprint density at radius 2 is 2.08 bits per heavy atom. The number of carbonyl (C=O) groups excluding carboxylic acids is 1. The van der Waals surface area contributed by atoms with Crippen LogP contribution >= 0.6 is 0 Å². The highest BCUT2D eigenvalue weighted by molar-refractivity contribution is 5.74. The van der Waals surface area contributed by atoms with Crippen LogP contribution in [0.1, 0.15) is 0 Å². The molecule has 0 saturated carbocycles. The molecule has 0 bridgehead atoms. The average Bonchev–Trinajstić information content (AvgIpc) is 2.07. The smallest absolute Gasteiger partial charge is 0.276 e. The van der Waals surface area contributed by atoms with Gasteiger partial charge in [-0.1, -0.05) is 0 Å². The molecule has 1 radical (unpaired) electrons.